The molecule has 0 spiro atoms. The molecule has 1 unspecified atom stereocenters. The van der Waals surface area contributed by atoms with E-state index in [9.17, 15) is 0 Å². The topological polar surface area (TPSA) is 0 Å². The van der Waals surface area contributed by atoms with E-state index in [2.05, 4.69) is 294 Å². The Hall–Kier alpha value is -4.68. The van der Waals surface area contributed by atoms with Crippen LogP contribution in [0.4, 0.5) is 0 Å². The van der Waals surface area contributed by atoms with Crippen molar-refractivity contribution in [2.75, 3.05) is 0 Å². The molecule has 1 atom stereocenters. The third-order valence-electron chi connectivity index (χ3n) is 20.3. The highest BCUT2D eigenvalue weighted by Gasteiger charge is 2.40. The Bertz CT molecular complexity index is 2620. The summed E-state index contributed by atoms with van der Waals surface area (Å²) in [6.07, 6.45) is 22.6. The minimum atomic E-state index is 0. The van der Waals surface area contributed by atoms with E-state index < -0.39 is 0 Å². The van der Waals surface area contributed by atoms with Gasteiger partial charge in [0.1, 0.15) is 0 Å². The molecule has 0 heterocycles. The van der Waals surface area contributed by atoms with Crippen LogP contribution in [0.3, 0.4) is 0 Å². The van der Waals surface area contributed by atoms with Crippen molar-refractivity contribution < 1.29 is 2.85 Å². The van der Waals surface area contributed by atoms with Crippen LogP contribution in [0.2, 0.25) is 0 Å². The molecule has 0 aromatic heterocycles. The van der Waals surface area contributed by atoms with Gasteiger partial charge in [0, 0.05) is 8.27 Å². The standard InChI is InChI=1S/C17H32.C17H20.C15H16.C11H22.C11H24.C9H12.C7H8.C2H6.2H2/c2*1-13-5-9-15(10-6-13)17(3,4)16-11-7-14(2)8-12-16;1-12-3-7-14(8-4-12)11-15-9-5-13(2)6-10-15;1-9-6-10(2,3)8-11(4,5)7-9;1-6-8-10(3)9-11(4,5)7-2;1-7-4-5-8(2)9(3)6-7;1-7-5-3-2-4-6-7;1-2;;/h13-16H,5-12H2,1-4H3;5-12H,1-4H3;3-10H,11H2,1-2H3;9H,6-8H2,1-5H3;10H,6-9H2,1-5H3;4-6H,1-3H3;2-6H,1H3;1-2H3;2*1H. The average molecular weight is 1210 g/mol. The summed E-state index contributed by atoms with van der Waals surface area (Å²) in [6, 6.07) is 51.9. The van der Waals surface area contributed by atoms with Crippen LogP contribution >= 0.6 is 0 Å². The van der Waals surface area contributed by atoms with Crippen LogP contribution in [0.25, 0.3) is 0 Å². The molecule has 500 valence electrons. The Morgan fingerprint density at radius 3 is 1.09 bits per heavy atom. The summed E-state index contributed by atoms with van der Waals surface area (Å²) >= 11 is 0. The first-order chi connectivity index (χ1) is 41.6. The molecule has 3 aliphatic carbocycles. The van der Waals surface area contributed by atoms with E-state index in [0.717, 1.165) is 41.9 Å². The quantitative estimate of drug-likeness (QED) is 0.121. The molecular weight excluding hydrogens is 1070 g/mol. The van der Waals surface area contributed by atoms with Gasteiger partial charge in [-0.1, -0.05) is 349 Å². The Kier molecular flexibility index (Phi) is 35.8. The van der Waals surface area contributed by atoms with Crippen molar-refractivity contribution in [3.8, 4) is 0 Å². The molecule has 0 amide bonds. The highest BCUT2D eigenvalue weighted by atomic mass is 14.4. The molecular formula is C89H144. The van der Waals surface area contributed by atoms with Gasteiger partial charge < -0.3 is 0 Å². The zero-order valence-corrected chi connectivity index (χ0v) is 63.1. The third kappa shape index (κ3) is 32.0. The lowest BCUT2D eigenvalue weighted by atomic mass is 9.59. The van der Waals surface area contributed by atoms with E-state index in [1.807, 2.05) is 32.0 Å². The van der Waals surface area contributed by atoms with Crippen LogP contribution in [-0.4, -0.2) is 0 Å². The minimum absolute atomic E-state index is 0. The van der Waals surface area contributed by atoms with Crippen molar-refractivity contribution in [1.82, 2.24) is 0 Å². The largest absolute Gasteiger partial charge is 0.0683 e. The maximum absolute atomic E-state index is 2.58. The van der Waals surface area contributed by atoms with Crippen LogP contribution < -0.4 is 0 Å². The van der Waals surface area contributed by atoms with Crippen LogP contribution in [0.1, 0.15) is 291 Å². The Balaban J connectivity index is 0.00000105. The Labute approximate surface area is 557 Å². The van der Waals surface area contributed by atoms with Crippen LogP contribution in [0.5, 0.6) is 0 Å². The molecule has 0 radical (unpaired) electrons. The summed E-state index contributed by atoms with van der Waals surface area (Å²) < 4.78 is 0. The highest BCUT2D eigenvalue weighted by molar-refractivity contribution is 5.39. The van der Waals surface area contributed by atoms with E-state index in [4.69, 9.17) is 0 Å². The smallest absolute Gasteiger partial charge is 0.0146 e. The summed E-state index contributed by atoms with van der Waals surface area (Å²) in [6.45, 7) is 59.3. The maximum Gasteiger partial charge on any atom is 0.0146 e. The maximum atomic E-state index is 2.58. The first-order valence-corrected chi connectivity index (χ1v) is 36.0. The van der Waals surface area contributed by atoms with E-state index in [1.165, 1.54) is 163 Å². The van der Waals surface area contributed by atoms with Crippen LogP contribution in [0.15, 0.2) is 146 Å². The molecule has 0 nitrogen and oxygen atoms in total. The molecule has 9 rings (SSSR count). The number of aryl methyl sites for hydroxylation is 8. The second-order valence-corrected chi connectivity index (χ2v) is 32.1. The monoisotopic (exact) mass is 1210 g/mol. The summed E-state index contributed by atoms with van der Waals surface area (Å²) in [4.78, 5) is 0. The van der Waals surface area contributed by atoms with Crippen LogP contribution in [-0.2, 0) is 11.8 Å². The molecule has 0 N–H and O–H groups in total. The van der Waals surface area contributed by atoms with Crippen LogP contribution in [0, 0.1) is 113 Å². The zero-order valence-electron chi connectivity index (χ0n) is 63.1. The lowest BCUT2D eigenvalue weighted by Gasteiger charge is -2.46. The Morgan fingerprint density at radius 1 is 0.438 bits per heavy atom. The predicted molar refractivity (Wildman–Crippen MR) is 406 cm³/mol. The summed E-state index contributed by atoms with van der Waals surface area (Å²) in [7, 11) is 0. The van der Waals surface area contributed by atoms with Gasteiger partial charge in [-0.2, -0.15) is 0 Å². The molecule has 0 heteroatoms. The molecule has 6 aromatic carbocycles. The van der Waals surface area contributed by atoms with Gasteiger partial charge in [0.05, 0.1) is 0 Å². The van der Waals surface area contributed by atoms with E-state index in [0.29, 0.717) is 21.7 Å². The SMILES string of the molecule is CC.CC1CC(C)(C)CC(C)(C)C1.CC1CCC(C(C)(C)C2CCC(C)CC2)CC1.CCCC(C)CC(C)(C)CC.Cc1ccc(C(C)(C)c2ccc(C)cc2)cc1.Cc1ccc(C)c(C)c1.Cc1ccc(Cc2ccc(C)cc2)cc1.Cc1ccccc1.[HH].[HH]. The molecule has 0 bridgehead atoms. The molecule has 0 saturated heterocycles. The van der Waals surface area contributed by atoms with Crippen molar-refractivity contribution in [2.45, 2.75) is 288 Å². The van der Waals surface area contributed by atoms with Gasteiger partial charge in [0.15, 0.2) is 0 Å². The predicted octanol–water partition coefficient (Wildman–Crippen LogP) is 28.4. The van der Waals surface area contributed by atoms with Gasteiger partial charge >= 0.3 is 0 Å². The summed E-state index contributed by atoms with van der Waals surface area (Å²) in [5, 5.41) is 0. The fourth-order valence-electron chi connectivity index (χ4n) is 14.6. The lowest BCUT2D eigenvalue weighted by Crippen LogP contribution is -2.36. The zero-order chi connectivity index (χ0) is 67.2. The number of hydrogen-bond donors (Lipinski definition) is 0. The van der Waals surface area contributed by atoms with E-state index in [1.54, 1.807) is 0 Å². The van der Waals surface area contributed by atoms with Gasteiger partial charge in [-0.25, -0.2) is 0 Å². The van der Waals surface area contributed by atoms with Crippen molar-refractivity contribution in [1.29, 1.82) is 0 Å². The molecule has 3 saturated carbocycles. The number of rotatable bonds is 11. The van der Waals surface area contributed by atoms with Gasteiger partial charge in [-0.3, -0.25) is 0 Å². The third-order valence-corrected chi connectivity index (χ3v) is 20.3. The average Bonchev–Trinajstić information content (AvgIpc) is 1.14. The molecule has 6 aromatic rings. The summed E-state index contributed by atoms with van der Waals surface area (Å²) in [5.74, 6) is 5.85. The second-order valence-electron chi connectivity index (χ2n) is 32.1. The van der Waals surface area contributed by atoms with Crippen molar-refractivity contribution in [3.05, 3.63) is 212 Å². The van der Waals surface area contributed by atoms with Gasteiger partial charge in [-0.15, -0.1) is 0 Å². The second kappa shape index (κ2) is 39.7. The minimum Gasteiger partial charge on any atom is -0.0683 e. The lowest BCUT2D eigenvalue weighted by molar-refractivity contribution is 0.0421. The first kappa shape index (κ1) is 80.4. The normalized spacial score (nSPS) is 18.9. The van der Waals surface area contributed by atoms with E-state index >= 15 is 0 Å². The fraction of sp³-hybridized carbons (Fsp3) is 0.596. The molecule has 89 heavy (non-hydrogen) atoms. The molecule has 3 fully saturated rings. The Morgan fingerprint density at radius 2 is 0.787 bits per heavy atom. The summed E-state index contributed by atoms with van der Waals surface area (Å²) in [5.41, 5.74) is 18.6. The van der Waals surface area contributed by atoms with Gasteiger partial charge in [-0.05, 0) is 204 Å². The first-order valence-electron chi connectivity index (χ1n) is 36.0. The molecule has 3 aliphatic rings. The number of hydrogen-bond acceptors (Lipinski definition) is 0. The van der Waals surface area contributed by atoms with Crippen molar-refractivity contribution in [2.24, 2.45) is 57.2 Å². The van der Waals surface area contributed by atoms with E-state index in [-0.39, 0.29) is 8.27 Å². The number of benzene rings is 6. The van der Waals surface area contributed by atoms with Crippen molar-refractivity contribution in [3.63, 3.8) is 0 Å². The molecule has 0 aliphatic heterocycles. The van der Waals surface area contributed by atoms with Crippen molar-refractivity contribution >= 4 is 0 Å². The fourth-order valence-corrected chi connectivity index (χ4v) is 14.6. The highest BCUT2D eigenvalue weighted by Crippen LogP contribution is 2.50. The van der Waals surface area contributed by atoms with Gasteiger partial charge in [0.25, 0.3) is 0 Å². The van der Waals surface area contributed by atoms with Gasteiger partial charge in [0.2, 0.25) is 0 Å².